The lowest BCUT2D eigenvalue weighted by Crippen LogP contribution is -2.13. The molecular formula is C11H11O6P. The van der Waals surface area contributed by atoms with E-state index < -0.39 is 19.7 Å². The molecule has 1 heterocycles. The summed E-state index contributed by atoms with van der Waals surface area (Å²) in [6.07, 6.45) is -0.942. The molecule has 0 radical (unpaired) electrons. The summed E-state index contributed by atoms with van der Waals surface area (Å²) in [6, 6.07) is 6.57. The monoisotopic (exact) mass is 270 g/mol. The molecule has 0 bridgehead atoms. The highest BCUT2D eigenvalue weighted by atomic mass is 31.2. The van der Waals surface area contributed by atoms with E-state index in [9.17, 15) is 9.36 Å². The number of rotatable bonds is 3. The predicted octanol–water partition coefficient (Wildman–Crippen LogP) is 1.82. The molecule has 0 saturated heterocycles. The summed E-state index contributed by atoms with van der Waals surface area (Å²) >= 11 is 0. The standard InChI is InChI=1S/C11H11O6P/c1-7-4-8-2-3-9(5-10(8)16-7)17-11(12)6-18(13,14)15/h2-5H,6H2,1H3,(H2,13,14,15). The molecule has 0 saturated carbocycles. The summed E-state index contributed by atoms with van der Waals surface area (Å²) in [7, 11) is -4.40. The van der Waals surface area contributed by atoms with E-state index in [1.807, 2.05) is 6.07 Å². The number of hydrogen-bond donors (Lipinski definition) is 2. The lowest BCUT2D eigenvalue weighted by Gasteiger charge is -2.05. The van der Waals surface area contributed by atoms with E-state index in [2.05, 4.69) is 0 Å². The minimum absolute atomic E-state index is 0.190. The van der Waals surface area contributed by atoms with Crippen molar-refractivity contribution in [3.05, 3.63) is 30.0 Å². The Labute approximate surface area is 102 Å². The van der Waals surface area contributed by atoms with E-state index in [-0.39, 0.29) is 5.75 Å². The van der Waals surface area contributed by atoms with E-state index in [4.69, 9.17) is 18.9 Å². The lowest BCUT2D eigenvalue weighted by molar-refractivity contribution is -0.131. The third kappa shape index (κ3) is 3.20. The summed E-state index contributed by atoms with van der Waals surface area (Å²) < 4.78 is 20.8. The van der Waals surface area contributed by atoms with Gasteiger partial charge in [-0.15, -0.1) is 0 Å². The van der Waals surface area contributed by atoms with Gasteiger partial charge in [-0.3, -0.25) is 9.36 Å². The zero-order valence-corrected chi connectivity index (χ0v) is 10.4. The maximum absolute atomic E-state index is 11.2. The van der Waals surface area contributed by atoms with Crippen LogP contribution in [0.25, 0.3) is 11.0 Å². The van der Waals surface area contributed by atoms with Crippen molar-refractivity contribution >= 4 is 24.5 Å². The maximum atomic E-state index is 11.2. The minimum Gasteiger partial charge on any atom is -0.461 e. The maximum Gasteiger partial charge on any atom is 0.336 e. The second kappa shape index (κ2) is 4.57. The molecule has 0 spiro atoms. The SMILES string of the molecule is Cc1cc2ccc(OC(=O)CP(=O)(O)O)cc2o1. The van der Waals surface area contributed by atoms with E-state index in [0.717, 1.165) is 11.1 Å². The van der Waals surface area contributed by atoms with Gasteiger partial charge in [-0.25, -0.2) is 0 Å². The highest BCUT2D eigenvalue weighted by Crippen LogP contribution is 2.34. The van der Waals surface area contributed by atoms with Gasteiger partial charge in [0.05, 0.1) is 0 Å². The first kappa shape index (κ1) is 12.8. The van der Waals surface area contributed by atoms with Crippen molar-refractivity contribution in [3.63, 3.8) is 0 Å². The first-order chi connectivity index (χ1) is 8.33. The van der Waals surface area contributed by atoms with Crippen molar-refractivity contribution < 1.29 is 28.3 Å². The average Bonchev–Trinajstić information content (AvgIpc) is 2.53. The van der Waals surface area contributed by atoms with Crippen molar-refractivity contribution in [1.82, 2.24) is 0 Å². The second-order valence-corrected chi connectivity index (χ2v) is 5.50. The van der Waals surface area contributed by atoms with Crippen LogP contribution in [-0.4, -0.2) is 21.9 Å². The van der Waals surface area contributed by atoms with Crippen molar-refractivity contribution in [3.8, 4) is 5.75 Å². The Bertz CT molecular complexity index is 638. The Morgan fingerprint density at radius 1 is 1.39 bits per heavy atom. The molecule has 0 atom stereocenters. The van der Waals surface area contributed by atoms with Crippen molar-refractivity contribution in [2.75, 3.05) is 6.16 Å². The summed E-state index contributed by atoms with van der Waals surface area (Å²) in [5.74, 6) is -0.0649. The number of aryl methyl sites for hydroxylation is 1. The van der Waals surface area contributed by atoms with Crippen LogP contribution in [0.1, 0.15) is 5.76 Å². The van der Waals surface area contributed by atoms with Crippen LogP contribution in [0.3, 0.4) is 0 Å². The molecule has 1 aromatic heterocycles. The zero-order valence-electron chi connectivity index (χ0n) is 9.49. The molecule has 0 unspecified atom stereocenters. The van der Waals surface area contributed by atoms with Gasteiger partial charge in [0, 0.05) is 11.5 Å². The molecule has 6 nitrogen and oxygen atoms in total. The van der Waals surface area contributed by atoms with Crippen LogP contribution >= 0.6 is 7.60 Å². The summed E-state index contributed by atoms with van der Waals surface area (Å²) in [6.45, 7) is 1.79. The first-order valence-corrected chi connectivity index (χ1v) is 6.89. The molecule has 0 aliphatic rings. The number of carbonyl (C=O) groups is 1. The molecule has 2 rings (SSSR count). The number of furan rings is 1. The van der Waals surface area contributed by atoms with Gasteiger partial charge in [0.15, 0.2) is 0 Å². The van der Waals surface area contributed by atoms with E-state index in [1.54, 1.807) is 13.0 Å². The van der Waals surface area contributed by atoms with Gasteiger partial charge in [0.2, 0.25) is 0 Å². The topological polar surface area (TPSA) is 97.0 Å². The van der Waals surface area contributed by atoms with E-state index in [0.29, 0.717) is 5.58 Å². The van der Waals surface area contributed by atoms with Crippen LogP contribution in [0.2, 0.25) is 0 Å². The number of hydrogen-bond acceptors (Lipinski definition) is 4. The molecule has 1 aromatic carbocycles. The summed E-state index contributed by atoms with van der Waals surface area (Å²) in [4.78, 5) is 28.5. The molecule has 0 aliphatic carbocycles. The molecule has 18 heavy (non-hydrogen) atoms. The summed E-state index contributed by atoms with van der Waals surface area (Å²) in [5, 5.41) is 0.863. The fourth-order valence-electron chi connectivity index (χ4n) is 1.54. The quantitative estimate of drug-likeness (QED) is 0.501. The van der Waals surface area contributed by atoms with Gasteiger partial charge in [0.25, 0.3) is 0 Å². The Morgan fingerprint density at radius 3 is 2.78 bits per heavy atom. The number of benzene rings is 1. The van der Waals surface area contributed by atoms with Gasteiger partial charge < -0.3 is 18.9 Å². The number of fused-ring (bicyclic) bond motifs is 1. The van der Waals surface area contributed by atoms with Crippen LogP contribution < -0.4 is 4.74 Å². The molecule has 0 fully saturated rings. The van der Waals surface area contributed by atoms with Gasteiger partial charge in [-0.2, -0.15) is 0 Å². The molecule has 0 amide bonds. The fourth-order valence-corrected chi connectivity index (χ4v) is 1.94. The third-order valence-electron chi connectivity index (χ3n) is 2.18. The number of carbonyl (C=O) groups excluding carboxylic acids is 1. The fraction of sp³-hybridized carbons (Fsp3) is 0.182. The van der Waals surface area contributed by atoms with Crippen molar-refractivity contribution in [2.24, 2.45) is 0 Å². The normalized spacial score (nSPS) is 11.7. The minimum atomic E-state index is -4.40. The predicted molar refractivity (Wildman–Crippen MR) is 63.5 cm³/mol. The molecular weight excluding hydrogens is 259 g/mol. The first-order valence-electron chi connectivity index (χ1n) is 5.09. The van der Waals surface area contributed by atoms with Crippen molar-refractivity contribution in [1.29, 1.82) is 0 Å². The lowest BCUT2D eigenvalue weighted by atomic mass is 10.2. The third-order valence-corrected chi connectivity index (χ3v) is 2.85. The molecule has 96 valence electrons. The smallest absolute Gasteiger partial charge is 0.336 e. The Kier molecular flexibility index (Phi) is 3.26. The Hall–Kier alpha value is -1.62. The zero-order chi connectivity index (χ0) is 13.3. The van der Waals surface area contributed by atoms with E-state index in [1.165, 1.54) is 12.1 Å². The summed E-state index contributed by atoms with van der Waals surface area (Å²) in [5.41, 5.74) is 0.550. The highest BCUT2D eigenvalue weighted by Gasteiger charge is 2.20. The van der Waals surface area contributed by atoms with Crippen LogP contribution in [0.4, 0.5) is 0 Å². The molecule has 7 heteroatoms. The molecule has 0 aliphatic heterocycles. The van der Waals surface area contributed by atoms with E-state index >= 15 is 0 Å². The van der Waals surface area contributed by atoms with Crippen molar-refractivity contribution in [2.45, 2.75) is 6.92 Å². The van der Waals surface area contributed by atoms with Gasteiger partial charge in [-0.05, 0) is 25.1 Å². The van der Waals surface area contributed by atoms with Crippen LogP contribution in [0.15, 0.2) is 28.7 Å². The van der Waals surface area contributed by atoms with Crippen LogP contribution in [-0.2, 0) is 9.36 Å². The van der Waals surface area contributed by atoms with Crippen LogP contribution in [0, 0.1) is 6.92 Å². The average molecular weight is 270 g/mol. The Balaban J connectivity index is 2.16. The van der Waals surface area contributed by atoms with Gasteiger partial charge in [-0.1, -0.05) is 0 Å². The largest absolute Gasteiger partial charge is 0.461 e. The second-order valence-electron chi connectivity index (χ2n) is 3.85. The van der Waals surface area contributed by atoms with Crippen LogP contribution in [0.5, 0.6) is 5.75 Å². The van der Waals surface area contributed by atoms with Gasteiger partial charge >= 0.3 is 13.6 Å². The highest BCUT2D eigenvalue weighted by molar-refractivity contribution is 7.52. The number of esters is 1. The number of ether oxygens (including phenoxy) is 1. The molecule has 2 N–H and O–H groups in total. The van der Waals surface area contributed by atoms with Gasteiger partial charge in [0.1, 0.15) is 23.3 Å². The molecule has 2 aromatic rings. The Morgan fingerprint density at radius 2 is 2.11 bits per heavy atom.